The number of carbonyl (C=O) groups is 1. The van der Waals surface area contributed by atoms with E-state index in [1.165, 1.54) is 35.7 Å². The van der Waals surface area contributed by atoms with Gasteiger partial charge in [0, 0.05) is 17.1 Å². The van der Waals surface area contributed by atoms with Crippen LogP contribution in [0.2, 0.25) is 0 Å². The van der Waals surface area contributed by atoms with E-state index in [1.807, 2.05) is 13.8 Å². The number of hydrogen-bond acceptors (Lipinski definition) is 7. The van der Waals surface area contributed by atoms with E-state index in [1.54, 1.807) is 12.1 Å². The molecule has 0 bridgehead atoms. The second kappa shape index (κ2) is 7.34. The molecule has 1 aromatic heterocycles. The number of nitrogens with zero attached hydrogens (tertiary/aromatic N) is 3. The first-order valence-electron chi connectivity index (χ1n) is 6.78. The average Bonchev–Trinajstić information content (AvgIpc) is 2.86. The summed E-state index contributed by atoms with van der Waals surface area (Å²) in [5, 5.41) is 25.8. The van der Waals surface area contributed by atoms with E-state index in [9.17, 15) is 14.9 Å². The second-order valence-electron chi connectivity index (χ2n) is 4.70. The number of amides is 1. The lowest BCUT2D eigenvalue weighted by atomic mass is 10.2. The molecule has 2 aromatic rings. The molecule has 0 aliphatic carbocycles. The largest absolute Gasteiger partial charge is 0.337 e. The van der Waals surface area contributed by atoms with Gasteiger partial charge in [0.1, 0.15) is 17.3 Å². The normalized spacial score (nSPS) is 10.8. The quantitative estimate of drug-likeness (QED) is 0.372. The molecule has 0 aliphatic heterocycles. The maximum absolute atomic E-state index is 12.1. The lowest BCUT2D eigenvalue weighted by Crippen LogP contribution is -2.15. The smallest absolute Gasteiger partial charge is 0.292 e. The van der Waals surface area contributed by atoms with Gasteiger partial charge in [-0.15, -0.1) is 11.3 Å². The molecule has 0 unspecified atom stereocenters. The summed E-state index contributed by atoms with van der Waals surface area (Å²) in [5.41, 5.74) is 0.411. The van der Waals surface area contributed by atoms with Crippen LogP contribution < -0.4 is 10.6 Å². The van der Waals surface area contributed by atoms with Crippen LogP contribution in [0, 0.1) is 35.3 Å². The van der Waals surface area contributed by atoms with Crippen LogP contribution in [-0.4, -0.2) is 15.8 Å². The van der Waals surface area contributed by atoms with Gasteiger partial charge in [0.15, 0.2) is 5.13 Å². The highest BCUT2D eigenvalue weighted by Gasteiger charge is 2.17. The van der Waals surface area contributed by atoms with E-state index < -0.39 is 10.8 Å². The number of carbonyl (C=O) groups excluding carboxylic acids is 1. The minimum Gasteiger partial charge on any atom is -0.337 e. The van der Waals surface area contributed by atoms with Crippen molar-refractivity contribution in [1.29, 1.82) is 5.26 Å². The van der Waals surface area contributed by atoms with Crippen molar-refractivity contribution in [3.63, 3.8) is 0 Å². The molecule has 122 valence electrons. The van der Waals surface area contributed by atoms with E-state index in [4.69, 9.17) is 5.26 Å². The van der Waals surface area contributed by atoms with Crippen molar-refractivity contribution in [1.82, 2.24) is 4.98 Å². The lowest BCUT2D eigenvalue weighted by Gasteiger charge is -2.05. The number of aromatic nitrogens is 1. The van der Waals surface area contributed by atoms with Gasteiger partial charge in [-0.3, -0.25) is 14.9 Å². The molecule has 1 amide bonds. The number of aryl methyl sites for hydroxylation is 2. The Morgan fingerprint density at radius 3 is 2.71 bits per heavy atom. The van der Waals surface area contributed by atoms with Gasteiger partial charge >= 0.3 is 0 Å². The highest BCUT2D eigenvalue weighted by molar-refractivity contribution is 7.15. The number of nitro benzene ring substituents is 1. The zero-order chi connectivity index (χ0) is 17.7. The van der Waals surface area contributed by atoms with Gasteiger partial charge in [-0.05, 0) is 19.9 Å². The average molecular weight is 343 g/mol. The highest BCUT2D eigenvalue weighted by atomic mass is 32.1. The van der Waals surface area contributed by atoms with E-state index in [0.717, 1.165) is 10.6 Å². The number of hydrogen-bond donors (Lipinski definition) is 2. The maximum atomic E-state index is 12.1. The van der Waals surface area contributed by atoms with Crippen LogP contribution in [0.4, 0.5) is 16.5 Å². The van der Waals surface area contributed by atoms with E-state index >= 15 is 0 Å². The monoisotopic (exact) mass is 343 g/mol. The Kier molecular flexibility index (Phi) is 5.23. The van der Waals surface area contributed by atoms with Gasteiger partial charge < -0.3 is 10.6 Å². The first-order chi connectivity index (χ1) is 11.4. The summed E-state index contributed by atoms with van der Waals surface area (Å²) in [7, 11) is 0. The molecule has 0 saturated carbocycles. The molecule has 0 atom stereocenters. The molecule has 24 heavy (non-hydrogen) atoms. The summed E-state index contributed by atoms with van der Waals surface area (Å²) >= 11 is 1.39. The van der Waals surface area contributed by atoms with Crippen LogP contribution >= 0.6 is 11.3 Å². The molecule has 8 nitrogen and oxygen atoms in total. The zero-order valence-corrected chi connectivity index (χ0v) is 13.7. The minimum atomic E-state index is -0.746. The van der Waals surface area contributed by atoms with Gasteiger partial charge in [0.05, 0.1) is 10.6 Å². The fourth-order valence-corrected chi connectivity index (χ4v) is 2.53. The number of nitrogens with one attached hydrogen (secondary N) is 2. The highest BCUT2D eigenvalue weighted by Crippen LogP contribution is 2.24. The number of nitro groups is 1. The molecular weight excluding hydrogens is 330 g/mol. The van der Waals surface area contributed by atoms with E-state index in [0.29, 0.717) is 5.13 Å². The minimum absolute atomic E-state index is 0.0228. The molecule has 1 aromatic carbocycles. The Hall–Kier alpha value is -3.25. The molecule has 0 radical (unpaired) electrons. The van der Waals surface area contributed by atoms with Gasteiger partial charge in [-0.1, -0.05) is 12.1 Å². The first-order valence-corrected chi connectivity index (χ1v) is 7.59. The fraction of sp³-hybridized carbons (Fsp3) is 0.133. The van der Waals surface area contributed by atoms with E-state index in [-0.39, 0.29) is 16.9 Å². The topological polar surface area (TPSA) is 121 Å². The van der Waals surface area contributed by atoms with Crippen molar-refractivity contribution in [2.75, 3.05) is 10.6 Å². The van der Waals surface area contributed by atoms with Crippen molar-refractivity contribution in [2.45, 2.75) is 13.8 Å². The number of anilines is 2. The zero-order valence-electron chi connectivity index (χ0n) is 12.9. The number of nitriles is 1. The molecule has 0 spiro atoms. The van der Waals surface area contributed by atoms with Gasteiger partial charge in [-0.25, -0.2) is 4.98 Å². The van der Waals surface area contributed by atoms with Gasteiger partial charge in [0.25, 0.3) is 11.6 Å². The third-order valence-corrected chi connectivity index (χ3v) is 4.09. The summed E-state index contributed by atoms with van der Waals surface area (Å²) < 4.78 is 0. The Morgan fingerprint density at radius 1 is 1.42 bits per heavy atom. The Balaban J connectivity index is 2.16. The molecule has 0 fully saturated rings. The predicted molar refractivity (Wildman–Crippen MR) is 90.6 cm³/mol. The van der Waals surface area contributed by atoms with E-state index in [2.05, 4.69) is 15.6 Å². The number of para-hydroxylation sites is 2. The molecule has 2 N–H and O–H groups in total. The summed E-state index contributed by atoms with van der Waals surface area (Å²) in [6.07, 6.45) is 1.22. The van der Waals surface area contributed by atoms with Crippen LogP contribution in [0.15, 0.2) is 36.0 Å². The number of benzene rings is 1. The van der Waals surface area contributed by atoms with Gasteiger partial charge in [-0.2, -0.15) is 5.26 Å². The van der Waals surface area contributed by atoms with Crippen molar-refractivity contribution < 1.29 is 9.72 Å². The third kappa shape index (κ3) is 3.93. The molecule has 9 heteroatoms. The predicted octanol–water partition coefficient (Wildman–Crippen LogP) is 3.13. The molecule has 0 saturated heterocycles. The van der Waals surface area contributed by atoms with Crippen molar-refractivity contribution >= 4 is 33.8 Å². The second-order valence-corrected chi connectivity index (χ2v) is 5.91. The molecule has 0 aliphatic rings. The Bertz CT molecular complexity index is 847. The Morgan fingerprint density at radius 2 is 2.12 bits per heavy atom. The summed E-state index contributed by atoms with van der Waals surface area (Å²) in [4.78, 5) is 27.7. The maximum Gasteiger partial charge on any atom is 0.292 e. The lowest BCUT2D eigenvalue weighted by molar-refractivity contribution is -0.383. The van der Waals surface area contributed by atoms with Crippen molar-refractivity contribution in [2.24, 2.45) is 0 Å². The third-order valence-electron chi connectivity index (χ3n) is 3.08. The molecular formula is C15H13N5O3S. The van der Waals surface area contributed by atoms with Crippen molar-refractivity contribution in [3.05, 3.63) is 56.7 Å². The van der Waals surface area contributed by atoms with Crippen LogP contribution in [0.1, 0.15) is 10.6 Å². The summed E-state index contributed by atoms with van der Waals surface area (Å²) in [6, 6.07) is 7.46. The van der Waals surface area contributed by atoms with Crippen LogP contribution in [0.3, 0.4) is 0 Å². The standard InChI is InChI=1S/C15H13N5O3S/c1-9-10(2)24-15(18-9)17-8-11(7-16)14(21)19-12-5-3-4-6-13(12)20(22)23/h3-6,8H,1-2H3,(H,17,18)(H,19,21)/b11-8-. The van der Waals surface area contributed by atoms with Crippen LogP contribution in [-0.2, 0) is 4.79 Å². The van der Waals surface area contributed by atoms with Crippen LogP contribution in [0.5, 0.6) is 0 Å². The molecule has 2 rings (SSSR count). The molecule has 1 heterocycles. The van der Waals surface area contributed by atoms with Crippen molar-refractivity contribution in [3.8, 4) is 6.07 Å². The van der Waals surface area contributed by atoms with Gasteiger partial charge in [0.2, 0.25) is 0 Å². The first kappa shape index (κ1) is 17.1. The number of thiazole rings is 1. The number of rotatable bonds is 5. The SMILES string of the molecule is Cc1nc(N/C=C(/C#N)C(=O)Nc2ccccc2[N+](=O)[O-])sc1C. The summed E-state index contributed by atoms with van der Waals surface area (Å²) in [6.45, 7) is 3.77. The van der Waals surface area contributed by atoms with Crippen LogP contribution in [0.25, 0.3) is 0 Å². The summed E-state index contributed by atoms with van der Waals surface area (Å²) in [5.74, 6) is -0.746. The fourth-order valence-electron chi connectivity index (χ4n) is 1.75. The Labute approximate surface area is 141 Å².